The van der Waals surface area contributed by atoms with E-state index in [1.54, 1.807) is 0 Å². The van der Waals surface area contributed by atoms with Crippen molar-refractivity contribution in [1.82, 2.24) is 0 Å². The van der Waals surface area contributed by atoms with Crippen molar-refractivity contribution in [2.75, 3.05) is 0 Å². The van der Waals surface area contributed by atoms with Gasteiger partial charge in [-0.2, -0.15) is 0 Å². The fourth-order valence-corrected chi connectivity index (χ4v) is 2.07. The molecule has 0 saturated heterocycles. The maximum Gasteiger partial charge on any atom is -0.0227 e. The van der Waals surface area contributed by atoms with Gasteiger partial charge in [-0.3, -0.25) is 0 Å². The second-order valence-electron chi connectivity index (χ2n) is 4.61. The lowest BCUT2D eigenvalue weighted by Gasteiger charge is -2.01. The molecule has 0 heterocycles. The van der Waals surface area contributed by atoms with Gasteiger partial charge < -0.3 is 0 Å². The first-order valence-corrected chi connectivity index (χ1v) is 5.97. The van der Waals surface area contributed by atoms with Crippen molar-refractivity contribution < 1.29 is 0 Å². The summed E-state index contributed by atoms with van der Waals surface area (Å²) in [5, 5.41) is 0. The lowest BCUT2D eigenvalue weighted by atomic mass is 10.0. The monoisotopic (exact) mass is 222 g/mol. The van der Waals surface area contributed by atoms with Gasteiger partial charge in [0.05, 0.1) is 0 Å². The zero-order valence-electron chi connectivity index (χ0n) is 10.7. The van der Waals surface area contributed by atoms with E-state index in [2.05, 4.69) is 75.4 Å². The molecule has 0 heteroatoms. The molecule has 0 bridgehead atoms. The van der Waals surface area contributed by atoms with Gasteiger partial charge in [0.2, 0.25) is 0 Å². The first-order chi connectivity index (χ1) is 8.15. The molecule has 0 nitrogen and oxygen atoms in total. The molecule has 0 spiro atoms. The molecule has 86 valence electrons. The van der Waals surface area contributed by atoms with E-state index in [0.29, 0.717) is 0 Å². The first-order valence-electron chi connectivity index (χ1n) is 5.97. The lowest BCUT2D eigenvalue weighted by Crippen LogP contribution is -1.81. The van der Waals surface area contributed by atoms with Gasteiger partial charge in [0.15, 0.2) is 0 Å². The smallest absolute Gasteiger partial charge is 0.0227 e. The van der Waals surface area contributed by atoms with Crippen LogP contribution < -0.4 is 0 Å². The maximum atomic E-state index is 2.21. The first kappa shape index (κ1) is 11.7. The average Bonchev–Trinajstić information content (AvgIpc) is 2.27. The number of aryl methyl sites for hydroxylation is 3. The molecule has 0 fully saturated rings. The average molecular weight is 222 g/mol. The molecule has 17 heavy (non-hydrogen) atoms. The zero-order valence-corrected chi connectivity index (χ0v) is 10.7. The molecule has 0 N–H and O–H groups in total. The third kappa shape index (κ3) is 3.07. The van der Waals surface area contributed by atoms with Gasteiger partial charge in [0, 0.05) is 0 Å². The Morgan fingerprint density at radius 2 is 1.41 bits per heavy atom. The Hall–Kier alpha value is -1.82. The Kier molecular flexibility index (Phi) is 3.43. The van der Waals surface area contributed by atoms with Crippen LogP contribution in [-0.4, -0.2) is 0 Å². The molecule has 0 aliphatic rings. The second-order valence-corrected chi connectivity index (χ2v) is 4.61. The van der Waals surface area contributed by atoms with E-state index in [1.165, 1.54) is 27.8 Å². The summed E-state index contributed by atoms with van der Waals surface area (Å²) in [6.45, 7) is 6.41. The van der Waals surface area contributed by atoms with Crippen molar-refractivity contribution in [2.45, 2.75) is 20.8 Å². The van der Waals surface area contributed by atoms with Crippen LogP contribution in [0.15, 0.2) is 42.5 Å². The highest BCUT2D eigenvalue weighted by Crippen LogP contribution is 2.14. The van der Waals surface area contributed by atoms with Gasteiger partial charge >= 0.3 is 0 Å². The third-order valence-electron chi connectivity index (χ3n) is 2.89. The summed E-state index contributed by atoms with van der Waals surface area (Å²) in [5.41, 5.74) is 6.49. The fraction of sp³-hybridized carbons (Fsp3) is 0.176. The van der Waals surface area contributed by atoms with E-state index < -0.39 is 0 Å². The SMILES string of the molecule is Cc1cc(C)cc(C=Cc2ccccc2C)c1. The van der Waals surface area contributed by atoms with Crippen LogP contribution in [-0.2, 0) is 0 Å². The highest BCUT2D eigenvalue weighted by molar-refractivity contribution is 5.71. The molecule has 0 radical (unpaired) electrons. The van der Waals surface area contributed by atoms with E-state index in [-0.39, 0.29) is 0 Å². The molecule has 2 aromatic rings. The normalized spacial score (nSPS) is 11.0. The third-order valence-corrected chi connectivity index (χ3v) is 2.89. The topological polar surface area (TPSA) is 0 Å². The molecule has 0 unspecified atom stereocenters. The molecular formula is C17H18. The summed E-state index contributed by atoms with van der Waals surface area (Å²) < 4.78 is 0. The van der Waals surface area contributed by atoms with Gasteiger partial charge in [-0.05, 0) is 37.5 Å². The van der Waals surface area contributed by atoms with Crippen molar-refractivity contribution in [3.8, 4) is 0 Å². The lowest BCUT2D eigenvalue weighted by molar-refractivity contribution is 1.37. The quantitative estimate of drug-likeness (QED) is 0.641. The summed E-state index contributed by atoms with van der Waals surface area (Å²) >= 11 is 0. The Bertz CT molecular complexity index is 527. The van der Waals surface area contributed by atoms with Crippen molar-refractivity contribution in [1.29, 1.82) is 0 Å². The number of hydrogen-bond acceptors (Lipinski definition) is 0. The summed E-state index contributed by atoms with van der Waals surface area (Å²) in [7, 11) is 0. The predicted octanol–water partition coefficient (Wildman–Crippen LogP) is 4.78. The van der Waals surface area contributed by atoms with Gasteiger partial charge in [0.25, 0.3) is 0 Å². The van der Waals surface area contributed by atoms with Crippen LogP contribution in [0.25, 0.3) is 12.2 Å². The summed E-state index contributed by atoms with van der Waals surface area (Å²) in [4.78, 5) is 0. The van der Waals surface area contributed by atoms with Crippen molar-refractivity contribution in [3.05, 3.63) is 70.3 Å². The molecule has 2 aromatic carbocycles. The van der Waals surface area contributed by atoms with Gasteiger partial charge in [-0.25, -0.2) is 0 Å². The fourth-order valence-electron chi connectivity index (χ4n) is 2.07. The van der Waals surface area contributed by atoms with Crippen LogP contribution >= 0.6 is 0 Å². The van der Waals surface area contributed by atoms with Crippen LogP contribution in [0.5, 0.6) is 0 Å². The number of benzene rings is 2. The van der Waals surface area contributed by atoms with Gasteiger partial charge in [-0.1, -0.05) is 65.7 Å². The summed E-state index contributed by atoms with van der Waals surface area (Å²) in [6, 6.07) is 15.1. The maximum absolute atomic E-state index is 2.21. The minimum absolute atomic E-state index is 1.27. The van der Waals surface area contributed by atoms with Gasteiger partial charge in [0.1, 0.15) is 0 Å². The van der Waals surface area contributed by atoms with Crippen LogP contribution in [0, 0.1) is 20.8 Å². The standard InChI is InChI=1S/C17H18/c1-13-10-14(2)12-16(11-13)8-9-17-7-5-4-6-15(17)3/h4-12H,1-3H3. The van der Waals surface area contributed by atoms with E-state index in [4.69, 9.17) is 0 Å². The Morgan fingerprint density at radius 3 is 2.06 bits per heavy atom. The number of hydrogen-bond donors (Lipinski definition) is 0. The van der Waals surface area contributed by atoms with Crippen LogP contribution in [0.4, 0.5) is 0 Å². The summed E-state index contributed by atoms with van der Waals surface area (Å²) in [5.74, 6) is 0. The minimum atomic E-state index is 1.27. The van der Waals surface area contributed by atoms with E-state index in [0.717, 1.165) is 0 Å². The second kappa shape index (κ2) is 5.01. The number of rotatable bonds is 2. The van der Waals surface area contributed by atoms with E-state index in [9.17, 15) is 0 Å². The molecular weight excluding hydrogens is 204 g/mol. The van der Waals surface area contributed by atoms with Crippen LogP contribution in [0.1, 0.15) is 27.8 Å². The highest BCUT2D eigenvalue weighted by atomic mass is 14.0. The Balaban J connectivity index is 2.29. The molecule has 2 rings (SSSR count). The summed E-state index contributed by atoms with van der Waals surface area (Å²) in [6.07, 6.45) is 4.37. The molecule has 0 atom stereocenters. The molecule has 0 aliphatic heterocycles. The largest absolute Gasteiger partial charge is 0.0620 e. The van der Waals surface area contributed by atoms with Crippen LogP contribution in [0.3, 0.4) is 0 Å². The molecule has 0 saturated carbocycles. The Labute approximate surface area is 104 Å². The Morgan fingerprint density at radius 1 is 0.765 bits per heavy atom. The van der Waals surface area contributed by atoms with Crippen LogP contribution in [0.2, 0.25) is 0 Å². The zero-order chi connectivity index (χ0) is 12.3. The predicted molar refractivity (Wildman–Crippen MR) is 76.0 cm³/mol. The van der Waals surface area contributed by atoms with Crippen molar-refractivity contribution >= 4 is 12.2 Å². The van der Waals surface area contributed by atoms with Gasteiger partial charge in [-0.15, -0.1) is 0 Å². The minimum Gasteiger partial charge on any atom is -0.0620 e. The molecule has 0 aliphatic carbocycles. The van der Waals surface area contributed by atoms with E-state index in [1.807, 2.05) is 0 Å². The van der Waals surface area contributed by atoms with E-state index >= 15 is 0 Å². The van der Waals surface area contributed by atoms with Crippen molar-refractivity contribution in [2.24, 2.45) is 0 Å². The van der Waals surface area contributed by atoms with Crippen molar-refractivity contribution in [3.63, 3.8) is 0 Å². The molecule has 0 amide bonds. The molecule has 0 aromatic heterocycles. The highest BCUT2D eigenvalue weighted by Gasteiger charge is 1.94.